The number of imidazole rings is 1. The van der Waals surface area contributed by atoms with Crippen LogP contribution in [0.2, 0.25) is 0 Å². The SMILES string of the molecule is Cc1cc2nc(CCO)cn2cc1[N+](=O)[O-]. The van der Waals surface area contributed by atoms with E-state index in [0.717, 1.165) is 5.69 Å². The molecule has 0 aliphatic carbocycles. The summed E-state index contributed by atoms with van der Waals surface area (Å²) in [5.74, 6) is 0. The summed E-state index contributed by atoms with van der Waals surface area (Å²) < 4.78 is 1.61. The molecule has 0 saturated heterocycles. The van der Waals surface area contributed by atoms with Gasteiger partial charge < -0.3 is 5.11 Å². The molecule has 2 aromatic rings. The van der Waals surface area contributed by atoms with E-state index in [4.69, 9.17) is 5.11 Å². The molecule has 0 aliphatic heterocycles. The van der Waals surface area contributed by atoms with Gasteiger partial charge >= 0.3 is 0 Å². The summed E-state index contributed by atoms with van der Waals surface area (Å²) in [6, 6.07) is 1.67. The fourth-order valence-corrected chi connectivity index (χ4v) is 1.60. The molecule has 0 aromatic carbocycles. The third-order valence-electron chi connectivity index (χ3n) is 2.39. The molecule has 0 fully saturated rings. The number of aliphatic hydroxyl groups excluding tert-OH is 1. The Kier molecular flexibility index (Phi) is 2.57. The van der Waals surface area contributed by atoms with E-state index >= 15 is 0 Å². The van der Waals surface area contributed by atoms with Gasteiger partial charge in [-0.25, -0.2) is 4.98 Å². The molecule has 0 amide bonds. The van der Waals surface area contributed by atoms with E-state index in [1.165, 1.54) is 6.20 Å². The Morgan fingerprint density at radius 2 is 2.31 bits per heavy atom. The van der Waals surface area contributed by atoms with Gasteiger partial charge in [0.15, 0.2) is 0 Å². The number of nitro groups is 1. The third kappa shape index (κ3) is 1.74. The number of aliphatic hydroxyl groups is 1. The second-order valence-corrected chi connectivity index (χ2v) is 3.57. The molecule has 2 heterocycles. The van der Waals surface area contributed by atoms with Crippen molar-refractivity contribution in [3.63, 3.8) is 0 Å². The Hall–Kier alpha value is -1.95. The molecular weight excluding hydrogens is 210 g/mol. The summed E-state index contributed by atoms with van der Waals surface area (Å²) in [7, 11) is 0. The van der Waals surface area contributed by atoms with Gasteiger partial charge in [0.2, 0.25) is 0 Å². The molecule has 16 heavy (non-hydrogen) atoms. The summed E-state index contributed by atoms with van der Waals surface area (Å²) >= 11 is 0. The largest absolute Gasteiger partial charge is 0.396 e. The Morgan fingerprint density at radius 3 is 2.94 bits per heavy atom. The lowest BCUT2D eigenvalue weighted by Gasteiger charge is -1.97. The minimum absolute atomic E-state index is 0.0188. The highest BCUT2D eigenvalue weighted by molar-refractivity contribution is 5.50. The highest BCUT2D eigenvalue weighted by Crippen LogP contribution is 2.19. The van der Waals surface area contributed by atoms with Crippen LogP contribution in [0.25, 0.3) is 5.65 Å². The first-order valence-corrected chi connectivity index (χ1v) is 4.85. The smallest absolute Gasteiger partial charge is 0.288 e. The number of aryl methyl sites for hydroxylation is 1. The fourth-order valence-electron chi connectivity index (χ4n) is 1.60. The van der Waals surface area contributed by atoms with Gasteiger partial charge in [-0.2, -0.15) is 0 Å². The lowest BCUT2D eigenvalue weighted by molar-refractivity contribution is -0.385. The molecule has 0 bridgehead atoms. The molecule has 0 unspecified atom stereocenters. The average molecular weight is 221 g/mol. The Bertz CT molecular complexity index is 547. The Labute approximate surface area is 91.3 Å². The normalized spacial score (nSPS) is 10.9. The van der Waals surface area contributed by atoms with Crippen molar-refractivity contribution in [2.75, 3.05) is 6.61 Å². The van der Waals surface area contributed by atoms with Crippen LogP contribution in [0.5, 0.6) is 0 Å². The monoisotopic (exact) mass is 221 g/mol. The van der Waals surface area contributed by atoms with Crippen molar-refractivity contribution in [3.8, 4) is 0 Å². The molecule has 84 valence electrons. The van der Waals surface area contributed by atoms with Gasteiger partial charge in [-0.1, -0.05) is 0 Å². The van der Waals surface area contributed by atoms with Crippen LogP contribution < -0.4 is 0 Å². The second-order valence-electron chi connectivity index (χ2n) is 3.57. The predicted molar refractivity (Wildman–Crippen MR) is 57.4 cm³/mol. The first-order chi connectivity index (χ1) is 7.61. The van der Waals surface area contributed by atoms with Crippen molar-refractivity contribution in [1.82, 2.24) is 9.38 Å². The average Bonchev–Trinajstić information content (AvgIpc) is 2.58. The van der Waals surface area contributed by atoms with Crippen molar-refractivity contribution in [2.24, 2.45) is 0 Å². The summed E-state index contributed by atoms with van der Waals surface area (Å²) in [5, 5.41) is 19.5. The van der Waals surface area contributed by atoms with E-state index in [0.29, 0.717) is 17.6 Å². The maximum absolute atomic E-state index is 10.7. The van der Waals surface area contributed by atoms with Gasteiger partial charge in [0.25, 0.3) is 5.69 Å². The topological polar surface area (TPSA) is 80.7 Å². The van der Waals surface area contributed by atoms with Crippen LogP contribution >= 0.6 is 0 Å². The zero-order valence-electron chi connectivity index (χ0n) is 8.75. The molecule has 1 N–H and O–H groups in total. The molecule has 6 nitrogen and oxygen atoms in total. The number of aromatic nitrogens is 2. The molecule has 0 spiro atoms. The Balaban J connectivity index is 2.56. The van der Waals surface area contributed by atoms with Gasteiger partial charge in [0.05, 0.1) is 16.8 Å². The molecule has 0 aliphatic rings. The van der Waals surface area contributed by atoms with Crippen LogP contribution in [0.3, 0.4) is 0 Å². The van der Waals surface area contributed by atoms with E-state index < -0.39 is 4.92 Å². The van der Waals surface area contributed by atoms with Gasteiger partial charge in [0.1, 0.15) is 5.65 Å². The predicted octanol–water partition coefficient (Wildman–Crippen LogP) is 1.09. The standard InChI is InChI=1S/C10H11N3O3/c1-7-4-10-11-8(2-3-14)5-12(10)6-9(7)13(15)16/h4-6,14H,2-3H2,1H3. The zero-order valence-corrected chi connectivity index (χ0v) is 8.75. The molecular formula is C10H11N3O3. The van der Waals surface area contributed by atoms with Gasteiger partial charge in [0, 0.05) is 24.8 Å². The van der Waals surface area contributed by atoms with Crippen LogP contribution in [0, 0.1) is 17.0 Å². The van der Waals surface area contributed by atoms with E-state index in [-0.39, 0.29) is 12.3 Å². The number of hydrogen-bond acceptors (Lipinski definition) is 4. The molecule has 0 atom stereocenters. The van der Waals surface area contributed by atoms with Crippen LogP contribution in [0.1, 0.15) is 11.3 Å². The van der Waals surface area contributed by atoms with Gasteiger partial charge in [-0.15, -0.1) is 0 Å². The molecule has 0 saturated carbocycles. The van der Waals surface area contributed by atoms with E-state index in [2.05, 4.69) is 4.98 Å². The van der Waals surface area contributed by atoms with Crippen molar-refractivity contribution in [1.29, 1.82) is 0 Å². The van der Waals surface area contributed by atoms with Crippen molar-refractivity contribution in [3.05, 3.63) is 39.8 Å². The van der Waals surface area contributed by atoms with Crippen LogP contribution in [0.15, 0.2) is 18.5 Å². The summed E-state index contributed by atoms with van der Waals surface area (Å²) in [6.07, 6.45) is 3.59. The molecule has 6 heteroatoms. The Morgan fingerprint density at radius 1 is 1.56 bits per heavy atom. The fraction of sp³-hybridized carbons (Fsp3) is 0.300. The highest BCUT2D eigenvalue weighted by Gasteiger charge is 2.13. The maximum atomic E-state index is 10.7. The lowest BCUT2D eigenvalue weighted by atomic mass is 10.2. The van der Waals surface area contributed by atoms with E-state index in [9.17, 15) is 10.1 Å². The summed E-state index contributed by atoms with van der Waals surface area (Å²) in [6.45, 7) is 1.70. The lowest BCUT2D eigenvalue weighted by Crippen LogP contribution is -1.94. The van der Waals surface area contributed by atoms with Crippen LogP contribution in [-0.2, 0) is 6.42 Å². The number of pyridine rings is 1. The first kappa shape index (κ1) is 10.6. The second kappa shape index (κ2) is 3.90. The van der Waals surface area contributed by atoms with Crippen molar-refractivity contribution >= 4 is 11.3 Å². The summed E-state index contributed by atoms with van der Waals surface area (Å²) in [5.41, 5.74) is 2.04. The van der Waals surface area contributed by atoms with E-state index in [1.807, 2.05) is 0 Å². The first-order valence-electron chi connectivity index (χ1n) is 4.85. The minimum atomic E-state index is -0.416. The maximum Gasteiger partial charge on any atom is 0.288 e. The number of hydrogen-bond donors (Lipinski definition) is 1. The summed E-state index contributed by atoms with van der Waals surface area (Å²) in [4.78, 5) is 14.6. The quantitative estimate of drug-likeness (QED) is 0.621. The zero-order chi connectivity index (χ0) is 11.7. The van der Waals surface area contributed by atoms with Crippen molar-refractivity contribution < 1.29 is 10.0 Å². The van der Waals surface area contributed by atoms with Crippen molar-refractivity contribution in [2.45, 2.75) is 13.3 Å². The molecule has 2 aromatic heterocycles. The third-order valence-corrected chi connectivity index (χ3v) is 2.39. The van der Waals surface area contributed by atoms with Gasteiger partial charge in [-0.3, -0.25) is 14.5 Å². The number of nitrogens with zero attached hydrogens (tertiary/aromatic N) is 3. The molecule has 2 rings (SSSR count). The number of fused-ring (bicyclic) bond motifs is 1. The minimum Gasteiger partial charge on any atom is -0.396 e. The van der Waals surface area contributed by atoms with E-state index in [1.54, 1.807) is 23.6 Å². The van der Waals surface area contributed by atoms with Crippen LogP contribution in [0.4, 0.5) is 5.69 Å². The van der Waals surface area contributed by atoms with Crippen LogP contribution in [-0.4, -0.2) is 26.0 Å². The molecule has 0 radical (unpaired) electrons. The number of rotatable bonds is 3. The highest BCUT2D eigenvalue weighted by atomic mass is 16.6. The van der Waals surface area contributed by atoms with Gasteiger partial charge in [-0.05, 0) is 13.0 Å².